The lowest BCUT2D eigenvalue weighted by Gasteiger charge is -2.35. The highest BCUT2D eigenvalue weighted by atomic mass is 32.2. The van der Waals surface area contributed by atoms with Gasteiger partial charge in [-0.1, -0.05) is 0 Å². The molecule has 2 aliphatic heterocycles. The van der Waals surface area contributed by atoms with Crippen LogP contribution in [0.25, 0.3) is 0 Å². The maximum Gasteiger partial charge on any atom is 0.302 e. The second kappa shape index (κ2) is 5.09. The van der Waals surface area contributed by atoms with Crippen molar-refractivity contribution in [2.24, 2.45) is 0 Å². The van der Waals surface area contributed by atoms with Crippen LogP contribution in [0.2, 0.25) is 0 Å². The Morgan fingerprint density at radius 3 is 2.63 bits per heavy atom. The SMILES string of the molecule is CC(=O)O[C@H]1CC(=O)N2C[C@H](OS(C)(=O)=O)CC[C@@H]12. The van der Waals surface area contributed by atoms with Crippen molar-refractivity contribution in [2.75, 3.05) is 12.8 Å². The predicted molar refractivity (Wildman–Crippen MR) is 64.6 cm³/mol. The van der Waals surface area contributed by atoms with Crippen LogP contribution in [-0.4, -0.2) is 56.2 Å². The number of rotatable bonds is 3. The summed E-state index contributed by atoms with van der Waals surface area (Å²) >= 11 is 0. The number of piperidine rings is 1. The lowest BCUT2D eigenvalue weighted by atomic mass is 9.99. The molecule has 0 radical (unpaired) electrons. The second-order valence-corrected chi connectivity index (χ2v) is 6.57. The van der Waals surface area contributed by atoms with Crippen molar-refractivity contribution in [3.8, 4) is 0 Å². The van der Waals surface area contributed by atoms with E-state index in [0.29, 0.717) is 12.8 Å². The molecule has 2 aliphatic rings. The molecule has 0 aromatic heterocycles. The molecule has 8 heteroatoms. The highest BCUT2D eigenvalue weighted by Gasteiger charge is 2.45. The third kappa shape index (κ3) is 3.44. The van der Waals surface area contributed by atoms with E-state index in [4.69, 9.17) is 8.92 Å². The topological polar surface area (TPSA) is 90.0 Å². The molecule has 1 amide bonds. The van der Waals surface area contributed by atoms with E-state index in [1.807, 2.05) is 0 Å². The number of carbonyl (C=O) groups is 2. The highest BCUT2D eigenvalue weighted by Crippen LogP contribution is 2.31. The van der Waals surface area contributed by atoms with Crippen LogP contribution in [0.5, 0.6) is 0 Å². The van der Waals surface area contributed by atoms with Crippen LogP contribution in [0, 0.1) is 0 Å². The number of esters is 1. The Kier molecular flexibility index (Phi) is 3.82. The summed E-state index contributed by atoms with van der Waals surface area (Å²) in [6.45, 7) is 1.54. The molecule has 0 aromatic rings. The van der Waals surface area contributed by atoms with Gasteiger partial charge in [-0.25, -0.2) is 0 Å². The summed E-state index contributed by atoms with van der Waals surface area (Å²) in [7, 11) is -3.53. The molecule has 2 fully saturated rings. The van der Waals surface area contributed by atoms with E-state index in [-0.39, 0.29) is 24.9 Å². The Labute approximate surface area is 112 Å². The van der Waals surface area contributed by atoms with Crippen molar-refractivity contribution in [2.45, 2.75) is 44.4 Å². The van der Waals surface area contributed by atoms with Gasteiger partial charge in [-0.05, 0) is 12.8 Å². The predicted octanol–water partition coefficient (Wildman–Crippen LogP) is -0.342. The number of hydrogen-bond acceptors (Lipinski definition) is 6. The van der Waals surface area contributed by atoms with Crippen LogP contribution >= 0.6 is 0 Å². The van der Waals surface area contributed by atoms with Gasteiger partial charge in [-0.3, -0.25) is 13.8 Å². The minimum Gasteiger partial charge on any atom is -0.460 e. The second-order valence-electron chi connectivity index (χ2n) is 4.97. The molecule has 2 rings (SSSR count). The maximum atomic E-state index is 11.8. The van der Waals surface area contributed by atoms with E-state index in [1.165, 1.54) is 6.92 Å². The fourth-order valence-electron chi connectivity index (χ4n) is 2.72. The first kappa shape index (κ1) is 14.3. The molecular formula is C11H17NO6S. The number of ether oxygens (including phenoxy) is 1. The average Bonchev–Trinajstić information content (AvgIpc) is 2.52. The summed E-state index contributed by atoms with van der Waals surface area (Å²) in [4.78, 5) is 24.4. The summed E-state index contributed by atoms with van der Waals surface area (Å²) in [5.74, 6) is -0.535. The van der Waals surface area contributed by atoms with Crippen LogP contribution in [-0.2, 0) is 28.6 Å². The van der Waals surface area contributed by atoms with Gasteiger partial charge in [0.2, 0.25) is 5.91 Å². The molecule has 0 aliphatic carbocycles. The third-order valence-electron chi connectivity index (χ3n) is 3.34. The summed E-state index contributed by atoms with van der Waals surface area (Å²) < 4.78 is 32.2. The zero-order valence-electron chi connectivity index (χ0n) is 10.9. The fraction of sp³-hybridized carbons (Fsp3) is 0.818. The number of carbonyl (C=O) groups excluding carboxylic acids is 2. The Morgan fingerprint density at radius 1 is 1.37 bits per heavy atom. The van der Waals surface area contributed by atoms with Gasteiger partial charge in [0.1, 0.15) is 6.10 Å². The van der Waals surface area contributed by atoms with Crippen molar-refractivity contribution < 1.29 is 26.9 Å². The van der Waals surface area contributed by atoms with Gasteiger partial charge in [0.25, 0.3) is 10.1 Å². The normalized spacial score (nSPS) is 31.2. The molecule has 108 valence electrons. The van der Waals surface area contributed by atoms with Crippen molar-refractivity contribution in [3.63, 3.8) is 0 Å². The van der Waals surface area contributed by atoms with Gasteiger partial charge in [-0.15, -0.1) is 0 Å². The van der Waals surface area contributed by atoms with E-state index >= 15 is 0 Å². The average molecular weight is 291 g/mol. The third-order valence-corrected chi connectivity index (χ3v) is 3.96. The molecule has 0 unspecified atom stereocenters. The largest absolute Gasteiger partial charge is 0.460 e. The lowest BCUT2D eigenvalue weighted by molar-refractivity contribution is -0.148. The molecule has 0 N–H and O–H groups in total. The smallest absolute Gasteiger partial charge is 0.302 e. The zero-order valence-corrected chi connectivity index (χ0v) is 11.7. The van der Waals surface area contributed by atoms with Crippen molar-refractivity contribution in [1.82, 2.24) is 4.90 Å². The van der Waals surface area contributed by atoms with Crippen molar-refractivity contribution in [1.29, 1.82) is 0 Å². The minimum atomic E-state index is -3.53. The molecule has 0 bridgehead atoms. The van der Waals surface area contributed by atoms with Gasteiger partial charge in [0.15, 0.2) is 0 Å². The van der Waals surface area contributed by atoms with Crippen molar-refractivity contribution >= 4 is 22.0 Å². The first-order valence-electron chi connectivity index (χ1n) is 6.11. The molecule has 7 nitrogen and oxygen atoms in total. The maximum absolute atomic E-state index is 11.8. The number of fused-ring (bicyclic) bond motifs is 1. The van der Waals surface area contributed by atoms with E-state index < -0.39 is 28.3 Å². The summed E-state index contributed by atoms with van der Waals surface area (Å²) in [5.41, 5.74) is 0. The van der Waals surface area contributed by atoms with E-state index in [2.05, 4.69) is 0 Å². The zero-order chi connectivity index (χ0) is 14.2. The quantitative estimate of drug-likeness (QED) is 0.522. The van der Waals surface area contributed by atoms with Crippen molar-refractivity contribution in [3.05, 3.63) is 0 Å². The first-order valence-corrected chi connectivity index (χ1v) is 7.93. The number of nitrogens with zero attached hydrogens (tertiary/aromatic N) is 1. The molecule has 3 atom stereocenters. The molecule has 0 saturated carbocycles. The first-order chi connectivity index (χ1) is 8.76. The minimum absolute atomic E-state index is 0.127. The molecule has 19 heavy (non-hydrogen) atoms. The molecule has 0 aromatic carbocycles. The molecular weight excluding hydrogens is 274 g/mol. The molecule has 2 saturated heterocycles. The Bertz CT molecular complexity index is 487. The van der Waals surface area contributed by atoms with Gasteiger partial charge in [0.05, 0.1) is 24.8 Å². The summed E-state index contributed by atoms with van der Waals surface area (Å²) in [6, 6.07) is -0.157. The van der Waals surface area contributed by atoms with E-state index in [1.54, 1.807) is 4.90 Å². The standard InChI is InChI=1S/C11H17NO6S/c1-7(13)17-10-5-11(14)12-6-8(3-4-9(10)12)18-19(2,15)16/h8-10H,3-6H2,1-2H3/t8-,9+,10+/m1/s1. The number of amides is 1. The van der Waals surface area contributed by atoms with Crippen LogP contribution in [0.15, 0.2) is 0 Å². The van der Waals surface area contributed by atoms with Gasteiger partial charge < -0.3 is 9.64 Å². The van der Waals surface area contributed by atoms with Gasteiger partial charge >= 0.3 is 5.97 Å². The van der Waals surface area contributed by atoms with Crippen LogP contribution in [0.1, 0.15) is 26.2 Å². The van der Waals surface area contributed by atoms with E-state index in [9.17, 15) is 18.0 Å². The summed E-state index contributed by atoms with van der Waals surface area (Å²) in [6.07, 6.45) is 1.32. The fourth-order valence-corrected chi connectivity index (χ4v) is 3.37. The monoisotopic (exact) mass is 291 g/mol. The van der Waals surface area contributed by atoms with E-state index in [0.717, 1.165) is 6.26 Å². The van der Waals surface area contributed by atoms with Crippen LogP contribution in [0.4, 0.5) is 0 Å². The van der Waals surface area contributed by atoms with Gasteiger partial charge in [0, 0.05) is 13.5 Å². The Morgan fingerprint density at radius 2 is 2.05 bits per heavy atom. The Balaban J connectivity index is 2.02. The summed E-state index contributed by atoms with van der Waals surface area (Å²) in [5, 5.41) is 0. The molecule has 2 heterocycles. The lowest BCUT2D eigenvalue weighted by Crippen LogP contribution is -2.48. The van der Waals surface area contributed by atoms with Crippen LogP contribution < -0.4 is 0 Å². The van der Waals surface area contributed by atoms with Gasteiger partial charge in [-0.2, -0.15) is 8.42 Å². The highest BCUT2D eigenvalue weighted by molar-refractivity contribution is 7.86. The number of hydrogen-bond donors (Lipinski definition) is 0. The Hall–Kier alpha value is -1.15. The molecule has 0 spiro atoms. The van der Waals surface area contributed by atoms with Crippen LogP contribution in [0.3, 0.4) is 0 Å².